The van der Waals surface area contributed by atoms with Crippen LogP contribution in [0.15, 0.2) is 4.79 Å². The number of hydrogen-bond donors (Lipinski definition) is 0. The molecule has 0 saturated heterocycles. The lowest BCUT2D eigenvalue weighted by Gasteiger charge is -2.14. The van der Waals surface area contributed by atoms with Crippen LogP contribution in [0.5, 0.6) is 0 Å². The fourth-order valence-electron chi connectivity index (χ4n) is 2.83. The first-order chi connectivity index (χ1) is 10.4. The Bertz CT molecular complexity index is 889. The Labute approximate surface area is 120 Å². The molecule has 0 amide bonds. The molecule has 3 rings (SSSR count). The average Bonchev–Trinajstić information content (AvgIpc) is 2.97. The number of nitrogens with zero attached hydrogens (tertiary/aromatic N) is 1. The van der Waals surface area contributed by atoms with Gasteiger partial charge in [0.25, 0.3) is 0 Å². The summed E-state index contributed by atoms with van der Waals surface area (Å²) in [6.45, 7) is 0.150. The molecule has 116 valence electrons. The van der Waals surface area contributed by atoms with E-state index in [1.165, 1.54) is 0 Å². The van der Waals surface area contributed by atoms with Gasteiger partial charge in [0.2, 0.25) is 5.43 Å². The number of carbonyl (C=O) groups excluding carboxylic acids is 1. The van der Waals surface area contributed by atoms with Crippen LogP contribution in [-0.2, 0) is 17.7 Å². The normalized spacial score (nSPS) is 13.5. The lowest BCUT2D eigenvalue weighted by Crippen LogP contribution is -2.25. The van der Waals surface area contributed by atoms with Crippen LogP contribution >= 0.6 is 0 Å². The zero-order valence-electron chi connectivity index (χ0n) is 11.3. The quantitative estimate of drug-likeness (QED) is 0.351. The second-order valence-corrected chi connectivity index (χ2v) is 4.88. The molecule has 1 aliphatic heterocycles. The summed E-state index contributed by atoms with van der Waals surface area (Å²) in [7, 11) is 1.03. The Morgan fingerprint density at radius 2 is 1.73 bits per heavy atom. The van der Waals surface area contributed by atoms with Crippen molar-refractivity contribution < 1.29 is 27.1 Å². The Kier molecular flexibility index (Phi) is 3.19. The number of carbonyl (C=O) groups is 1. The SMILES string of the molecule is COC(=O)c1c2n(c3c(F)c(F)c(F)c(F)c3c1=O)CCC2. The molecule has 0 spiro atoms. The lowest BCUT2D eigenvalue weighted by molar-refractivity contribution is 0.0597. The zero-order valence-corrected chi connectivity index (χ0v) is 11.3. The molecule has 4 nitrogen and oxygen atoms in total. The summed E-state index contributed by atoms with van der Waals surface area (Å²) in [4.78, 5) is 24.1. The Hall–Kier alpha value is -2.38. The van der Waals surface area contributed by atoms with E-state index in [-0.39, 0.29) is 18.7 Å². The second-order valence-electron chi connectivity index (χ2n) is 4.88. The van der Waals surface area contributed by atoms with Gasteiger partial charge in [-0.25, -0.2) is 22.4 Å². The van der Waals surface area contributed by atoms with Gasteiger partial charge in [-0.05, 0) is 12.8 Å². The summed E-state index contributed by atoms with van der Waals surface area (Å²) in [5.41, 5.74) is -2.21. The Morgan fingerprint density at radius 1 is 1.09 bits per heavy atom. The molecule has 0 N–H and O–H groups in total. The van der Waals surface area contributed by atoms with E-state index in [4.69, 9.17) is 0 Å². The first-order valence-electron chi connectivity index (χ1n) is 6.39. The number of aromatic nitrogens is 1. The number of ether oxygens (including phenoxy) is 1. The summed E-state index contributed by atoms with van der Waals surface area (Å²) in [6.07, 6.45) is 0.693. The number of pyridine rings is 1. The molecule has 8 heteroatoms. The number of halogens is 4. The minimum absolute atomic E-state index is 0.133. The number of esters is 1. The lowest BCUT2D eigenvalue weighted by atomic mass is 10.1. The van der Waals surface area contributed by atoms with Crippen LogP contribution < -0.4 is 5.43 Å². The van der Waals surface area contributed by atoms with E-state index in [0.29, 0.717) is 6.42 Å². The fraction of sp³-hybridized carbons (Fsp3) is 0.286. The highest BCUT2D eigenvalue weighted by molar-refractivity contribution is 5.95. The number of hydrogen-bond acceptors (Lipinski definition) is 3. The van der Waals surface area contributed by atoms with Gasteiger partial charge in [-0.3, -0.25) is 4.79 Å². The molecule has 0 atom stereocenters. The van der Waals surface area contributed by atoms with Crippen molar-refractivity contribution in [2.75, 3.05) is 7.11 Å². The van der Waals surface area contributed by atoms with E-state index in [1.54, 1.807) is 0 Å². The third-order valence-corrected chi connectivity index (χ3v) is 3.77. The van der Waals surface area contributed by atoms with Crippen molar-refractivity contribution in [2.45, 2.75) is 19.4 Å². The third kappa shape index (κ3) is 1.69. The number of aryl methyl sites for hydroxylation is 1. The molecule has 0 radical (unpaired) electrons. The van der Waals surface area contributed by atoms with Gasteiger partial charge in [0.05, 0.1) is 18.0 Å². The molecule has 22 heavy (non-hydrogen) atoms. The molecule has 2 heterocycles. The summed E-state index contributed by atoms with van der Waals surface area (Å²) in [5.74, 6) is -8.56. The molecule has 0 unspecified atom stereocenters. The molecule has 0 aliphatic carbocycles. The van der Waals surface area contributed by atoms with Gasteiger partial charge >= 0.3 is 5.97 Å². The molecule has 0 saturated carbocycles. The van der Waals surface area contributed by atoms with Crippen molar-refractivity contribution in [3.63, 3.8) is 0 Å². The van der Waals surface area contributed by atoms with Gasteiger partial charge in [-0.1, -0.05) is 0 Å². The summed E-state index contributed by atoms with van der Waals surface area (Å²) >= 11 is 0. The van der Waals surface area contributed by atoms with Gasteiger partial charge in [-0.15, -0.1) is 0 Å². The summed E-state index contributed by atoms with van der Waals surface area (Å²) < 4.78 is 60.5. The van der Waals surface area contributed by atoms with Crippen molar-refractivity contribution in [1.29, 1.82) is 0 Å². The summed E-state index contributed by atoms with van der Waals surface area (Å²) in [6, 6.07) is 0. The van der Waals surface area contributed by atoms with Gasteiger partial charge in [-0.2, -0.15) is 0 Å². The first-order valence-corrected chi connectivity index (χ1v) is 6.39. The molecule has 1 aromatic heterocycles. The van der Waals surface area contributed by atoms with Crippen molar-refractivity contribution >= 4 is 16.9 Å². The molecule has 1 aromatic carbocycles. The van der Waals surface area contributed by atoms with E-state index in [1.807, 2.05) is 0 Å². The van der Waals surface area contributed by atoms with Crippen LogP contribution in [0.25, 0.3) is 10.9 Å². The smallest absolute Gasteiger partial charge is 0.343 e. The predicted octanol–water partition coefficient (Wildman–Crippen LogP) is 2.29. The average molecular weight is 315 g/mol. The van der Waals surface area contributed by atoms with E-state index in [2.05, 4.69) is 4.74 Å². The first kappa shape index (κ1) is 14.6. The van der Waals surface area contributed by atoms with E-state index >= 15 is 0 Å². The van der Waals surface area contributed by atoms with Crippen molar-refractivity contribution in [3.8, 4) is 0 Å². The maximum atomic E-state index is 14.0. The molecule has 0 bridgehead atoms. The summed E-state index contributed by atoms with van der Waals surface area (Å²) in [5, 5.41) is -0.984. The maximum absolute atomic E-state index is 14.0. The molecule has 1 aliphatic rings. The fourth-order valence-corrected chi connectivity index (χ4v) is 2.83. The standard InChI is InChI=1S/C14H9F4NO3/c1-22-14(21)6-5-3-2-4-19(5)12-7(13(6)20)8(15)9(16)10(17)11(12)18/h2-4H2,1H3. The zero-order chi connectivity index (χ0) is 16.2. The van der Waals surface area contributed by atoms with E-state index in [9.17, 15) is 27.2 Å². The van der Waals surface area contributed by atoms with Gasteiger partial charge in [0, 0.05) is 12.2 Å². The van der Waals surface area contributed by atoms with Gasteiger partial charge in [0.1, 0.15) is 5.56 Å². The number of fused-ring (bicyclic) bond motifs is 3. The van der Waals surface area contributed by atoms with E-state index < -0.39 is 51.1 Å². The van der Waals surface area contributed by atoms with Crippen LogP contribution in [0.3, 0.4) is 0 Å². The topological polar surface area (TPSA) is 48.3 Å². The van der Waals surface area contributed by atoms with Crippen LogP contribution in [0.1, 0.15) is 22.5 Å². The van der Waals surface area contributed by atoms with Gasteiger partial charge < -0.3 is 9.30 Å². The van der Waals surface area contributed by atoms with Crippen molar-refractivity contribution in [3.05, 3.63) is 44.7 Å². The Balaban J connectivity index is 2.62. The highest BCUT2D eigenvalue weighted by Gasteiger charge is 2.32. The molecular formula is C14H9F4NO3. The second kappa shape index (κ2) is 4.82. The van der Waals surface area contributed by atoms with E-state index in [0.717, 1.165) is 11.7 Å². The van der Waals surface area contributed by atoms with Crippen LogP contribution in [0.2, 0.25) is 0 Å². The predicted molar refractivity (Wildman–Crippen MR) is 67.7 cm³/mol. The Morgan fingerprint density at radius 3 is 2.36 bits per heavy atom. The largest absolute Gasteiger partial charge is 0.465 e. The monoisotopic (exact) mass is 315 g/mol. The van der Waals surface area contributed by atoms with Crippen molar-refractivity contribution in [1.82, 2.24) is 4.57 Å². The maximum Gasteiger partial charge on any atom is 0.343 e. The molecule has 2 aromatic rings. The minimum atomic E-state index is -2.09. The highest BCUT2D eigenvalue weighted by Crippen LogP contribution is 2.30. The van der Waals surface area contributed by atoms with Gasteiger partial charge in [0.15, 0.2) is 23.3 Å². The number of benzene rings is 1. The van der Waals surface area contributed by atoms with Crippen molar-refractivity contribution in [2.24, 2.45) is 0 Å². The third-order valence-electron chi connectivity index (χ3n) is 3.77. The van der Waals surface area contributed by atoms with Crippen LogP contribution in [-0.4, -0.2) is 17.6 Å². The molecule has 0 fully saturated rings. The van der Waals surface area contributed by atoms with Crippen LogP contribution in [0.4, 0.5) is 17.6 Å². The molecular weight excluding hydrogens is 306 g/mol. The van der Waals surface area contributed by atoms with Crippen LogP contribution in [0, 0.1) is 23.3 Å². The number of rotatable bonds is 1. The highest BCUT2D eigenvalue weighted by atomic mass is 19.2. The minimum Gasteiger partial charge on any atom is -0.465 e. The number of methoxy groups -OCH3 is 1.